The number of amides is 1. The second-order valence-electron chi connectivity index (χ2n) is 5.80. The van der Waals surface area contributed by atoms with Gasteiger partial charge in [0.2, 0.25) is 0 Å². The summed E-state index contributed by atoms with van der Waals surface area (Å²) in [5.41, 5.74) is -0.0136. The van der Waals surface area contributed by atoms with Crippen LogP contribution in [0, 0.1) is 10.1 Å². The highest BCUT2D eigenvalue weighted by atomic mass is 16.7. The molecule has 0 saturated carbocycles. The van der Waals surface area contributed by atoms with Gasteiger partial charge >= 0.3 is 0 Å². The molecule has 0 aliphatic carbocycles. The van der Waals surface area contributed by atoms with Crippen molar-refractivity contribution in [1.29, 1.82) is 0 Å². The van der Waals surface area contributed by atoms with Gasteiger partial charge in [0.05, 0.1) is 24.2 Å². The maximum atomic E-state index is 12.5. The smallest absolute Gasteiger partial charge is 0.269 e. The van der Waals surface area contributed by atoms with Gasteiger partial charge in [-0.15, -0.1) is 0 Å². The van der Waals surface area contributed by atoms with E-state index in [0.29, 0.717) is 25.5 Å². The first-order valence-electron chi connectivity index (χ1n) is 8.05. The minimum atomic E-state index is -0.477. The first-order valence-corrected chi connectivity index (χ1v) is 8.05. The van der Waals surface area contributed by atoms with Gasteiger partial charge in [-0.1, -0.05) is 0 Å². The van der Waals surface area contributed by atoms with Crippen molar-refractivity contribution in [3.8, 4) is 5.75 Å². The fraction of sp³-hybridized carbons (Fsp3) is 0.562. The average molecular weight is 336 g/mol. The van der Waals surface area contributed by atoms with Gasteiger partial charge < -0.3 is 19.1 Å². The molecule has 2 aliphatic heterocycles. The van der Waals surface area contributed by atoms with Crippen LogP contribution in [0.2, 0.25) is 0 Å². The highest BCUT2D eigenvalue weighted by Crippen LogP contribution is 2.25. The van der Waals surface area contributed by atoms with Crippen molar-refractivity contribution < 1.29 is 23.9 Å². The Bertz CT molecular complexity index is 585. The van der Waals surface area contributed by atoms with Gasteiger partial charge in [-0.25, -0.2) is 0 Å². The van der Waals surface area contributed by atoms with Gasteiger partial charge in [0.1, 0.15) is 5.75 Å². The van der Waals surface area contributed by atoms with Crippen LogP contribution in [0.5, 0.6) is 5.75 Å². The van der Waals surface area contributed by atoms with Crippen molar-refractivity contribution in [3.63, 3.8) is 0 Å². The van der Waals surface area contributed by atoms with Crippen LogP contribution in [0.25, 0.3) is 0 Å². The molecule has 0 spiro atoms. The van der Waals surface area contributed by atoms with E-state index in [0.717, 1.165) is 19.3 Å². The van der Waals surface area contributed by atoms with E-state index in [1.54, 1.807) is 4.90 Å². The number of nitro benzene ring substituents is 1. The van der Waals surface area contributed by atoms with Crippen molar-refractivity contribution >= 4 is 11.6 Å². The number of nitro groups is 1. The van der Waals surface area contributed by atoms with Crippen LogP contribution in [0.4, 0.5) is 5.69 Å². The Morgan fingerprint density at radius 2 is 1.96 bits per heavy atom. The number of ether oxygens (including phenoxy) is 3. The fourth-order valence-corrected chi connectivity index (χ4v) is 3.04. The number of likely N-dealkylation sites (tertiary alicyclic amines) is 1. The Labute approximate surface area is 139 Å². The summed E-state index contributed by atoms with van der Waals surface area (Å²) < 4.78 is 16.6. The molecule has 1 aromatic rings. The molecule has 130 valence electrons. The number of non-ortho nitro benzene ring substituents is 1. The van der Waals surface area contributed by atoms with Gasteiger partial charge in [0.25, 0.3) is 11.6 Å². The molecule has 2 fully saturated rings. The Morgan fingerprint density at radius 3 is 2.62 bits per heavy atom. The van der Waals surface area contributed by atoms with E-state index in [4.69, 9.17) is 14.2 Å². The molecule has 1 atom stereocenters. The molecule has 2 saturated heterocycles. The molecule has 1 amide bonds. The van der Waals surface area contributed by atoms with Crippen LogP contribution in [-0.4, -0.2) is 54.4 Å². The zero-order chi connectivity index (χ0) is 16.9. The molecular weight excluding hydrogens is 316 g/mol. The van der Waals surface area contributed by atoms with Crippen LogP contribution in [-0.2, 0) is 14.3 Å². The van der Waals surface area contributed by atoms with E-state index in [2.05, 4.69) is 0 Å². The van der Waals surface area contributed by atoms with E-state index in [-0.39, 0.29) is 30.5 Å². The van der Waals surface area contributed by atoms with E-state index < -0.39 is 4.92 Å². The second-order valence-corrected chi connectivity index (χ2v) is 5.80. The summed E-state index contributed by atoms with van der Waals surface area (Å²) in [6.07, 6.45) is 2.50. The van der Waals surface area contributed by atoms with Crippen LogP contribution in [0.15, 0.2) is 24.3 Å². The Kier molecular flexibility index (Phi) is 5.27. The normalized spacial score (nSPS) is 21.7. The molecule has 1 unspecified atom stereocenters. The SMILES string of the molecule is O=C(COc1ccc([N+](=O)[O-])cc1)N1CCCCC1C1OCCO1. The predicted octanol–water partition coefficient (Wildman–Crippen LogP) is 1.73. The van der Waals surface area contributed by atoms with Crippen LogP contribution in [0.1, 0.15) is 19.3 Å². The summed E-state index contributed by atoms with van der Waals surface area (Å²) in [4.78, 5) is 24.4. The summed E-state index contributed by atoms with van der Waals surface area (Å²) in [6, 6.07) is 5.60. The number of piperidine rings is 1. The topological polar surface area (TPSA) is 91.1 Å². The molecule has 8 heteroatoms. The summed E-state index contributed by atoms with van der Waals surface area (Å²) in [5, 5.41) is 10.6. The third kappa shape index (κ3) is 3.82. The third-order valence-electron chi connectivity index (χ3n) is 4.24. The molecule has 24 heavy (non-hydrogen) atoms. The molecule has 0 bridgehead atoms. The van der Waals surface area contributed by atoms with Gasteiger partial charge in [-0.05, 0) is 31.4 Å². The van der Waals surface area contributed by atoms with Crippen molar-refractivity contribution in [2.45, 2.75) is 31.6 Å². The minimum absolute atomic E-state index is 0.0136. The first kappa shape index (κ1) is 16.7. The van der Waals surface area contributed by atoms with Crippen molar-refractivity contribution in [2.75, 3.05) is 26.4 Å². The zero-order valence-electron chi connectivity index (χ0n) is 13.3. The van der Waals surface area contributed by atoms with E-state index in [1.807, 2.05) is 0 Å². The maximum absolute atomic E-state index is 12.5. The van der Waals surface area contributed by atoms with Crippen molar-refractivity contribution in [2.24, 2.45) is 0 Å². The lowest BCUT2D eigenvalue weighted by molar-refractivity contribution is -0.384. The number of rotatable bonds is 5. The van der Waals surface area contributed by atoms with Gasteiger partial charge in [0, 0.05) is 18.7 Å². The molecule has 3 rings (SSSR count). The molecular formula is C16H20N2O6. The molecule has 8 nitrogen and oxygen atoms in total. The quantitative estimate of drug-likeness (QED) is 0.601. The number of carbonyl (C=O) groups excluding carboxylic acids is 1. The van der Waals surface area contributed by atoms with Gasteiger partial charge in [-0.2, -0.15) is 0 Å². The molecule has 0 radical (unpaired) electrons. The van der Waals surface area contributed by atoms with Gasteiger partial charge in [0.15, 0.2) is 12.9 Å². The van der Waals surface area contributed by atoms with Crippen molar-refractivity contribution in [3.05, 3.63) is 34.4 Å². The van der Waals surface area contributed by atoms with E-state index in [9.17, 15) is 14.9 Å². The lowest BCUT2D eigenvalue weighted by Crippen LogP contribution is -2.51. The van der Waals surface area contributed by atoms with Gasteiger partial charge in [-0.3, -0.25) is 14.9 Å². The fourth-order valence-electron chi connectivity index (χ4n) is 3.04. The second kappa shape index (κ2) is 7.59. The summed E-state index contributed by atoms with van der Waals surface area (Å²) in [7, 11) is 0. The molecule has 0 aromatic heterocycles. The minimum Gasteiger partial charge on any atom is -0.484 e. The lowest BCUT2D eigenvalue weighted by atomic mass is 10.0. The largest absolute Gasteiger partial charge is 0.484 e. The highest BCUT2D eigenvalue weighted by Gasteiger charge is 2.36. The Balaban J connectivity index is 1.57. The summed E-state index contributed by atoms with van der Waals surface area (Å²) in [5.74, 6) is 0.299. The standard InChI is InChI=1S/C16H20N2O6/c19-15(11-24-13-6-4-12(5-7-13)18(20)21)17-8-2-1-3-14(17)16-22-9-10-23-16/h4-7,14,16H,1-3,8-11H2. The summed E-state index contributed by atoms with van der Waals surface area (Å²) >= 11 is 0. The van der Waals surface area contributed by atoms with E-state index in [1.165, 1.54) is 24.3 Å². The number of hydrogen-bond donors (Lipinski definition) is 0. The van der Waals surface area contributed by atoms with E-state index >= 15 is 0 Å². The zero-order valence-corrected chi connectivity index (χ0v) is 13.3. The summed E-state index contributed by atoms with van der Waals surface area (Å²) in [6.45, 7) is 1.67. The first-order chi connectivity index (χ1) is 11.6. The van der Waals surface area contributed by atoms with Crippen molar-refractivity contribution in [1.82, 2.24) is 4.90 Å². The van der Waals surface area contributed by atoms with Crippen LogP contribution in [0.3, 0.4) is 0 Å². The highest BCUT2D eigenvalue weighted by molar-refractivity contribution is 5.78. The Hall–Kier alpha value is -2.19. The number of nitrogens with zero attached hydrogens (tertiary/aromatic N) is 2. The monoisotopic (exact) mass is 336 g/mol. The van der Waals surface area contributed by atoms with Crippen LogP contribution < -0.4 is 4.74 Å². The predicted molar refractivity (Wildman–Crippen MR) is 83.6 cm³/mol. The molecule has 1 aromatic carbocycles. The number of benzene rings is 1. The lowest BCUT2D eigenvalue weighted by Gasteiger charge is -2.37. The molecule has 2 heterocycles. The third-order valence-corrected chi connectivity index (χ3v) is 4.24. The maximum Gasteiger partial charge on any atom is 0.269 e. The molecule has 2 aliphatic rings. The number of hydrogen-bond acceptors (Lipinski definition) is 6. The van der Waals surface area contributed by atoms with Crippen LogP contribution >= 0.6 is 0 Å². The Morgan fingerprint density at radius 1 is 1.25 bits per heavy atom. The molecule has 0 N–H and O–H groups in total. The average Bonchev–Trinajstić information content (AvgIpc) is 3.14. The number of carbonyl (C=O) groups is 1.